The summed E-state index contributed by atoms with van der Waals surface area (Å²) in [7, 11) is 4.20. The van der Waals surface area contributed by atoms with Crippen molar-refractivity contribution in [3.05, 3.63) is 23.8 Å². The van der Waals surface area contributed by atoms with Gasteiger partial charge in [-0.05, 0) is 37.5 Å². The van der Waals surface area contributed by atoms with E-state index in [0.29, 0.717) is 18.1 Å². The fourth-order valence-electron chi connectivity index (χ4n) is 4.18. The maximum atomic E-state index is 5.99. The second kappa shape index (κ2) is 5.20. The minimum Gasteiger partial charge on any atom is -0.381 e. The predicted molar refractivity (Wildman–Crippen MR) is 89.2 cm³/mol. The fraction of sp³-hybridized carbons (Fsp3) is 0.667. The van der Waals surface area contributed by atoms with Crippen molar-refractivity contribution in [2.24, 2.45) is 11.3 Å². The maximum absolute atomic E-state index is 5.99. The maximum Gasteiger partial charge on any atom is 0.0693 e. The normalized spacial score (nSPS) is 30.2. The highest BCUT2D eigenvalue weighted by Crippen LogP contribution is 2.52. The molecule has 3 unspecified atom stereocenters. The van der Waals surface area contributed by atoms with Crippen molar-refractivity contribution in [2.45, 2.75) is 45.8 Å². The molecule has 3 heteroatoms. The molecule has 0 radical (unpaired) electrons. The van der Waals surface area contributed by atoms with E-state index in [1.807, 2.05) is 0 Å². The van der Waals surface area contributed by atoms with E-state index < -0.39 is 0 Å². The van der Waals surface area contributed by atoms with Gasteiger partial charge in [0.05, 0.1) is 6.10 Å². The second-order valence-corrected chi connectivity index (χ2v) is 7.44. The number of hydrogen-bond donors (Lipinski definition) is 1. The van der Waals surface area contributed by atoms with Crippen molar-refractivity contribution in [3.63, 3.8) is 0 Å². The Morgan fingerprint density at radius 3 is 2.76 bits per heavy atom. The molecular formula is C18H28N2O. The Hall–Kier alpha value is -1.22. The molecule has 1 aromatic carbocycles. The van der Waals surface area contributed by atoms with Gasteiger partial charge in [-0.2, -0.15) is 0 Å². The van der Waals surface area contributed by atoms with Crippen LogP contribution in [0.15, 0.2) is 18.2 Å². The van der Waals surface area contributed by atoms with Crippen LogP contribution in [0.25, 0.3) is 0 Å². The van der Waals surface area contributed by atoms with E-state index in [1.165, 1.54) is 29.8 Å². The monoisotopic (exact) mass is 288 g/mol. The van der Waals surface area contributed by atoms with Crippen molar-refractivity contribution in [2.75, 3.05) is 30.9 Å². The van der Waals surface area contributed by atoms with E-state index in [-0.39, 0.29) is 5.41 Å². The number of ether oxygens (including phenoxy) is 1. The largest absolute Gasteiger partial charge is 0.381 e. The van der Waals surface area contributed by atoms with Crippen LogP contribution in [-0.2, 0) is 4.74 Å². The molecule has 0 spiro atoms. The summed E-state index contributed by atoms with van der Waals surface area (Å²) in [6.07, 6.45) is 2.92. The summed E-state index contributed by atoms with van der Waals surface area (Å²) in [5.74, 6) is 0.665. The van der Waals surface area contributed by atoms with Crippen LogP contribution in [0.1, 0.15) is 32.3 Å². The van der Waals surface area contributed by atoms with Gasteiger partial charge in [-0.15, -0.1) is 0 Å². The van der Waals surface area contributed by atoms with Gasteiger partial charge in [0, 0.05) is 49.5 Å². The Bertz CT molecular complexity index is 524. The number of anilines is 2. The van der Waals surface area contributed by atoms with E-state index in [2.05, 4.69) is 63.3 Å². The average molecular weight is 288 g/mol. The van der Waals surface area contributed by atoms with Gasteiger partial charge >= 0.3 is 0 Å². The Labute approximate surface area is 128 Å². The number of nitrogens with zero attached hydrogens (tertiary/aromatic N) is 1. The lowest BCUT2D eigenvalue weighted by atomic mass is 9.55. The number of rotatable bonds is 3. The van der Waals surface area contributed by atoms with Crippen molar-refractivity contribution in [1.29, 1.82) is 0 Å². The fourth-order valence-corrected chi connectivity index (χ4v) is 4.18. The molecule has 1 N–H and O–H groups in total. The summed E-state index contributed by atoms with van der Waals surface area (Å²) in [5.41, 5.74) is 4.05. The zero-order valence-electron chi connectivity index (χ0n) is 13.9. The van der Waals surface area contributed by atoms with Crippen LogP contribution in [0.2, 0.25) is 0 Å². The van der Waals surface area contributed by atoms with Crippen LogP contribution < -0.4 is 10.2 Å². The average Bonchev–Trinajstić information content (AvgIpc) is 2.46. The third-order valence-corrected chi connectivity index (χ3v) is 5.34. The lowest BCUT2D eigenvalue weighted by molar-refractivity contribution is -0.177. The first-order valence-electron chi connectivity index (χ1n) is 8.07. The first kappa shape index (κ1) is 14.7. The summed E-state index contributed by atoms with van der Waals surface area (Å²) in [6.45, 7) is 7.76. The molecule has 2 aliphatic rings. The van der Waals surface area contributed by atoms with Gasteiger partial charge in [-0.25, -0.2) is 0 Å². The highest BCUT2D eigenvalue weighted by Gasteiger charge is 2.57. The zero-order chi connectivity index (χ0) is 15.2. The van der Waals surface area contributed by atoms with Crippen LogP contribution in [0.4, 0.5) is 11.4 Å². The molecule has 116 valence electrons. The van der Waals surface area contributed by atoms with Crippen LogP contribution >= 0.6 is 0 Å². The van der Waals surface area contributed by atoms with Gasteiger partial charge in [-0.1, -0.05) is 19.9 Å². The first-order chi connectivity index (χ1) is 9.91. The minimum absolute atomic E-state index is 0.217. The van der Waals surface area contributed by atoms with E-state index in [0.717, 1.165) is 6.61 Å². The van der Waals surface area contributed by atoms with Crippen molar-refractivity contribution in [3.8, 4) is 0 Å². The van der Waals surface area contributed by atoms with Crippen molar-refractivity contribution in [1.82, 2.24) is 0 Å². The van der Waals surface area contributed by atoms with E-state index >= 15 is 0 Å². The molecule has 0 amide bonds. The smallest absolute Gasteiger partial charge is 0.0693 e. The predicted octanol–water partition coefficient (Wildman–Crippen LogP) is 3.68. The zero-order valence-corrected chi connectivity index (χ0v) is 13.9. The molecule has 2 fully saturated rings. The van der Waals surface area contributed by atoms with Gasteiger partial charge in [0.15, 0.2) is 0 Å². The number of fused-ring (bicyclic) bond motifs is 1. The summed E-state index contributed by atoms with van der Waals surface area (Å²) in [6, 6.07) is 7.19. The lowest BCUT2D eigenvalue weighted by Crippen LogP contribution is -2.67. The second-order valence-electron chi connectivity index (χ2n) is 7.44. The third kappa shape index (κ3) is 2.42. The van der Waals surface area contributed by atoms with Crippen LogP contribution in [-0.4, -0.2) is 32.8 Å². The summed E-state index contributed by atoms with van der Waals surface area (Å²) >= 11 is 0. The van der Waals surface area contributed by atoms with E-state index in [4.69, 9.17) is 4.74 Å². The van der Waals surface area contributed by atoms with E-state index in [9.17, 15) is 0 Å². The highest BCUT2D eigenvalue weighted by molar-refractivity contribution is 5.62. The Morgan fingerprint density at radius 2 is 2.05 bits per heavy atom. The Balaban J connectivity index is 1.79. The molecule has 1 aliphatic carbocycles. The minimum atomic E-state index is 0.217. The molecule has 3 nitrogen and oxygen atoms in total. The molecule has 21 heavy (non-hydrogen) atoms. The van der Waals surface area contributed by atoms with Gasteiger partial charge in [-0.3, -0.25) is 0 Å². The van der Waals surface area contributed by atoms with Crippen LogP contribution in [0.3, 0.4) is 0 Å². The highest BCUT2D eigenvalue weighted by atomic mass is 16.5. The lowest BCUT2D eigenvalue weighted by Gasteiger charge is -2.60. The summed E-state index contributed by atoms with van der Waals surface area (Å²) < 4.78 is 5.99. The first-order valence-corrected chi connectivity index (χ1v) is 8.07. The van der Waals surface area contributed by atoms with Crippen molar-refractivity contribution < 1.29 is 4.74 Å². The molecule has 1 aliphatic heterocycles. The number of hydrogen-bond acceptors (Lipinski definition) is 3. The Kier molecular flexibility index (Phi) is 3.64. The third-order valence-electron chi connectivity index (χ3n) is 5.34. The van der Waals surface area contributed by atoms with E-state index in [1.54, 1.807) is 0 Å². The van der Waals surface area contributed by atoms with Gasteiger partial charge in [0.2, 0.25) is 0 Å². The summed E-state index contributed by atoms with van der Waals surface area (Å²) in [5, 5.41) is 3.78. The molecule has 3 rings (SSSR count). The molecule has 0 aromatic heterocycles. The molecule has 0 bridgehead atoms. The van der Waals surface area contributed by atoms with Gasteiger partial charge < -0.3 is 15.0 Å². The standard InChI is InChI=1S/C18H28N2O/c1-12-8-9-13(11-15(12)20(4)5)19-16-14-7-6-10-21-17(14)18(16,2)3/h8-9,11,14,16-17,19H,6-7,10H2,1-5H3. The molecule has 1 saturated heterocycles. The topological polar surface area (TPSA) is 24.5 Å². The van der Waals surface area contributed by atoms with Crippen LogP contribution in [0.5, 0.6) is 0 Å². The molecule has 3 atom stereocenters. The van der Waals surface area contributed by atoms with Crippen LogP contribution in [0, 0.1) is 18.3 Å². The quantitative estimate of drug-likeness (QED) is 0.918. The van der Waals surface area contributed by atoms with Gasteiger partial charge in [0.25, 0.3) is 0 Å². The number of aryl methyl sites for hydroxylation is 1. The number of benzene rings is 1. The Morgan fingerprint density at radius 1 is 1.29 bits per heavy atom. The molecular weight excluding hydrogens is 260 g/mol. The molecule has 1 saturated carbocycles. The number of nitrogens with one attached hydrogen (secondary N) is 1. The van der Waals surface area contributed by atoms with Crippen molar-refractivity contribution >= 4 is 11.4 Å². The SMILES string of the molecule is Cc1ccc(NC2C3CCCOC3C2(C)C)cc1N(C)C. The summed E-state index contributed by atoms with van der Waals surface area (Å²) in [4.78, 5) is 2.18. The molecule has 1 aromatic rings. The molecule has 1 heterocycles. The van der Waals surface area contributed by atoms with Gasteiger partial charge in [0.1, 0.15) is 0 Å².